The van der Waals surface area contributed by atoms with Gasteiger partial charge in [0, 0.05) is 32.1 Å². The fraction of sp³-hybridized carbons (Fsp3) is 0.619. The molecule has 140 valence electrons. The van der Waals surface area contributed by atoms with E-state index in [1.165, 1.54) is 0 Å². The molecule has 1 aliphatic carbocycles. The molecule has 0 bridgehead atoms. The van der Waals surface area contributed by atoms with Crippen LogP contribution in [0.15, 0.2) is 30.3 Å². The predicted molar refractivity (Wildman–Crippen MR) is 99.0 cm³/mol. The number of nitrogens with zero attached hydrogens (tertiary/aromatic N) is 1. The summed E-state index contributed by atoms with van der Waals surface area (Å²) in [6.07, 6.45) is 5.61. The molecule has 5 heteroatoms. The molecule has 1 saturated carbocycles. The third kappa shape index (κ3) is 3.55. The Bertz CT molecular complexity index is 654. The van der Waals surface area contributed by atoms with Crippen molar-refractivity contribution in [2.24, 2.45) is 5.41 Å². The Morgan fingerprint density at radius 2 is 1.92 bits per heavy atom. The van der Waals surface area contributed by atoms with Gasteiger partial charge in [-0.25, -0.2) is 4.79 Å². The zero-order valence-electron chi connectivity index (χ0n) is 15.3. The van der Waals surface area contributed by atoms with E-state index in [2.05, 4.69) is 10.2 Å². The number of carbonyl (C=O) groups excluding carboxylic acids is 2. The second-order valence-corrected chi connectivity index (χ2v) is 8.05. The second-order valence-electron chi connectivity index (χ2n) is 8.05. The summed E-state index contributed by atoms with van der Waals surface area (Å²) >= 11 is 0. The molecule has 3 aliphatic rings. The summed E-state index contributed by atoms with van der Waals surface area (Å²) in [5, 5.41) is 3.41. The summed E-state index contributed by atoms with van der Waals surface area (Å²) < 4.78 is 5.69. The topological polar surface area (TPSA) is 58.6 Å². The number of piperidine rings is 1. The molecular formula is C21H28N2O3. The minimum atomic E-state index is -0.215. The van der Waals surface area contributed by atoms with Crippen LogP contribution in [0.5, 0.6) is 0 Å². The number of benzene rings is 1. The first kappa shape index (κ1) is 17.7. The van der Waals surface area contributed by atoms with E-state index in [4.69, 9.17) is 4.74 Å². The number of nitrogens with one attached hydrogen (secondary N) is 1. The minimum absolute atomic E-state index is 0.0218. The van der Waals surface area contributed by atoms with Crippen molar-refractivity contribution in [2.75, 3.05) is 26.2 Å². The molecule has 4 rings (SSSR count). The lowest BCUT2D eigenvalue weighted by Crippen LogP contribution is -2.50. The summed E-state index contributed by atoms with van der Waals surface area (Å²) in [4.78, 5) is 27.2. The van der Waals surface area contributed by atoms with E-state index in [0.717, 1.165) is 58.3 Å². The number of carbonyl (C=O) groups is 2. The molecule has 1 atom stereocenters. The first-order valence-electron chi connectivity index (χ1n) is 9.90. The van der Waals surface area contributed by atoms with Crippen molar-refractivity contribution in [2.45, 2.75) is 50.7 Å². The number of Topliss-reactive ketones (excluding diaryl/α,β-unsaturated/α-hetero) is 1. The van der Waals surface area contributed by atoms with E-state index in [1.807, 2.05) is 18.2 Å². The molecular weight excluding hydrogens is 328 g/mol. The average Bonchev–Trinajstić information content (AvgIpc) is 3.11. The van der Waals surface area contributed by atoms with Gasteiger partial charge >= 0.3 is 5.97 Å². The number of esters is 1. The molecule has 1 N–H and O–H groups in total. The highest BCUT2D eigenvalue weighted by Crippen LogP contribution is 2.37. The zero-order chi connectivity index (χ0) is 18.0. The summed E-state index contributed by atoms with van der Waals surface area (Å²) in [6.45, 7) is 3.59. The Morgan fingerprint density at radius 3 is 2.65 bits per heavy atom. The van der Waals surface area contributed by atoms with Gasteiger partial charge in [-0.3, -0.25) is 9.69 Å². The van der Waals surface area contributed by atoms with Crippen LogP contribution >= 0.6 is 0 Å². The van der Waals surface area contributed by atoms with Gasteiger partial charge in [-0.15, -0.1) is 0 Å². The van der Waals surface area contributed by atoms with Gasteiger partial charge in [0.2, 0.25) is 0 Å². The maximum Gasteiger partial charge on any atom is 0.338 e. The fourth-order valence-corrected chi connectivity index (χ4v) is 4.80. The van der Waals surface area contributed by atoms with Crippen molar-refractivity contribution in [3.8, 4) is 0 Å². The van der Waals surface area contributed by atoms with Crippen LogP contribution in [0, 0.1) is 5.41 Å². The first-order valence-corrected chi connectivity index (χ1v) is 9.90. The van der Waals surface area contributed by atoms with Crippen LogP contribution in [0.2, 0.25) is 0 Å². The molecule has 2 saturated heterocycles. The van der Waals surface area contributed by atoms with Crippen LogP contribution < -0.4 is 5.32 Å². The van der Waals surface area contributed by atoms with Crippen molar-refractivity contribution in [3.63, 3.8) is 0 Å². The molecule has 1 spiro atoms. The highest BCUT2D eigenvalue weighted by molar-refractivity contribution is 5.89. The second kappa shape index (κ2) is 7.49. The Kier molecular flexibility index (Phi) is 5.09. The van der Waals surface area contributed by atoms with E-state index in [-0.39, 0.29) is 17.5 Å². The highest BCUT2D eigenvalue weighted by Gasteiger charge is 2.47. The number of likely N-dealkylation sites (tertiary alicyclic amines) is 1. The SMILES string of the molecule is O=C(O[C@H]1CC[C@@H](N2CC[C@@]3(CNCCC3=O)C2)CC1)c1ccccc1. The molecule has 0 unspecified atom stereocenters. The molecule has 5 nitrogen and oxygen atoms in total. The lowest BCUT2D eigenvalue weighted by Gasteiger charge is -2.37. The standard InChI is InChI=1S/C21H28N2O3/c24-19-10-12-22-14-21(19)11-13-23(15-21)17-6-8-18(9-7-17)26-20(25)16-4-2-1-3-5-16/h1-5,17-18,22H,6-15H2/t17-,18+,21-/m1/s1. The van der Waals surface area contributed by atoms with Crippen LogP contribution in [-0.4, -0.2) is 55.0 Å². The Morgan fingerprint density at radius 1 is 1.15 bits per heavy atom. The zero-order valence-corrected chi connectivity index (χ0v) is 15.3. The molecule has 1 aromatic carbocycles. The maximum absolute atomic E-state index is 12.4. The van der Waals surface area contributed by atoms with Crippen LogP contribution in [0.4, 0.5) is 0 Å². The van der Waals surface area contributed by atoms with Gasteiger partial charge in [0.05, 0.1) is 11.0 Å². The first-order chi connectivity index (χ1) is 12.7. The van der Waals surface area contributed by atoms with Crippen molar-refractivity contribution in [1.29, 1.82) is 0 Å². The van der Waals surface area contributed by atoms with Crippen LogP contribution in [0.1, 0.15) is 48.9 Å². The number of ether oxygens (including phenoxy) is 1. The number of ketones is 1. The smallest absolute Gasteiger partial charge is 0.338 e. The summed E-state index contributed by atoms with van der Waals surface area (Å²) in [6, 6.07) is 9.74. The van der Waals surface area contributed by atoms with E-state index in [9.17, 15) is 9.59 Å². The number of rotatable bonds is 3. The molecule has 2 heterocycles. The van der Waals surface area contributed by atoms with Gasteiger partial charge in [-0.2, -0.15) is 0 Å². The van der Waals surface area contributed by atoms with Crippen LogP contribution in [-0.2, 0) is 9.53 Å². The van der Waals surface area contributed by atoms with Gasteiger partial charge in [-0.05, 0) is 50.8 Å². The highest BCUT2D eigenvalue weighted by atomic mass is 16.5. The maximum atomic E-state index is 12.4. The van der Waals surface area contributed by atoms with Crippen molar-refractivity contribution in [1.82, 2.24) is 10.2 Å². The molecule has 0 aromatic heterocycles. The van der Waals surface area contributed by atoms with E-state index in [1.54, 1.807) is 12.1 Å². The Balaban J connectivity index is 1.28. The summed E-state index contributed by atoms with van der Waals surface area (Å²) in [5.41, 5.74) is 0.480. The minimum Gasteiger partial charge on any atom is -0.459 e. The molecule has 0 amide bonds. The number of hydrogen-bond donors (Lipinski definition) is 1. The van der Waals surface area contributed by atoms with Gasteiger partial charge in [-0.1, -0.05) is 18.2 Å². The van der Waals surface area contributed by atoms with Gasteiger partial charge in [0.15, 0.2) is 0 Å². The quantitative estimate of drug-likeness (QED) is 0.843. The average molecular weight is 356 g/mol. The van der Waals surface area contributed by atoms with Crippen molar-refractivity contribution >= 4 is 11.8 Å². The van der Waals surface area contributed by atoms with Gasteiger partial charge in [0.1, 0.15) is 11.9 Å². The van der Waals surface area contributed by atoms with Crippen molar-refractivity contribution in [3.05, 3.63) is 35.9 Å². The lowest BCUT2D eigenvalue weighted by molar-refractivity contribution is -0.129. The van der Waals surface area contributed by atoms with Crippen LogP contribution in [0.25, 0.3) is 0 Å². The Labute approximate surface area is 155 Å². The fourth-order valence-electron chi connectivity index (χ4n) is 4.80. The van der Waals surface area contributed by atoms with Gasteiger partial charge < -0.3 is 10.1 Å². The molecule has 3 fully saturated rings. The van der Waals surface area contributed by atoms with E-state index in [0.29, 0.717) is 23.8 Å². The monoisotopic (exact) mass is 356 g/mol. The molecule has 0 radical (unpaired) electrons. The third-order valence-electron chi connectivity index (χ3n) is 6.41. The van der Waals surface area contributed by atoms with Gasteiger partial charge in [0.25, 0.3) is 0 Å². The lowest BCUT2D eigenvalue weighted by atomic mass is 9.79. The normalized spacial score (nSPS) is 32.7. The summed E-state index contributed by atoms with van der Waals surface area (Å²) in [5.74, 6) is 0.234. The summed E-state index contributed by atoms with van der Waals surface area (Å²) in [7, 11) is 0. The van der Waals surface area contributed by atoms with E-state index < -0.39 is 0 Å². The molecule has 1 aromatic rings. The van der Waals surface area contributed by atoms with Crippen molar-refractivity contribution < 1.29 is 14.3 Å². The predicted octanol–water partition coefficient (Wildman–Crippen LogP) is 2.41. The number of hydrogen-bond acceptors (Lipinski definition) is 5. The largest absolute Gasteiger partial charge is 0.459 e. The Hall–Kier alpha value is -1.72. The van der Waals surface area contributed by atoms with E-state index >= 15 is 0 Å². The molecule has 26 heavy (non-hydrogen) atoms. The van der Waals surface area contributed by atoms with Crippen LogP contribution in [0.3, 0.4) is 0 Å². The molecule has 2 aliphatic heterocycles. The third-order valence-corrected chi connectivity index (χ3v) is 6.41.